The number of halogens is 2. The number of guanidine groups is 1. The number of methoxy groups -OCH3 is 3. The van der Waals surface area contributed by atoms with E-state index in [2.05, 4.69) is 25.9 Å². The molecule has 0 aliphatic heterocycles. The Kier molecular flexibility index (Phi) is 9.39. The second kappa shape index (κ2) is 12.0. The van der Waals surface area contributed by atoms with Gasteiger partial charge in [0.2, 0.25) is 17.7 Å². The molecule has 0 fully saturated rings. The van der Waals surface area contributed by atoms with Gasteiger partial charge >= 0.3 is 0 Å². The second-order valence-electron chi connectivity index (χ2n) is 6.69. The van der Waals surface area contributed by atoms with Crippen molar-refractivity contribution in [2.45, 2.75) is 23.8 Å². The predicted molar refractivity (Wildman–Crippen MR) is 126 cm³/mol. The zero-order valence-corrected chi connectivity index (χ0v) is 20.0. The lowest BCUT2D eigenvalue weighted by Gasteiger charge is -2.25. The number of benzene rings is 1. The van der Waals surface area contributed by atoms with Gasteiger partial charge in [-0.15, -0.1) is 0 Å². The average molecular weight is 495 g/mol. The van der Waals surface area contributed by atoms with E-state index in [1.54, 1.807) is 42.7 Å². The van der Waals surface area contributed by atoms with Crippen LogP contribution < -0.4 is 30.2 Å². The van der Waals surface area contributed by atoms with Gasteiger partial charge in [-0.2, -0.15) is 5.26 Å². The quantitative estimate of drug-likeness (QED) is 0.159. The first kappa shape index (κ1) is 25.8. The number of hydrogen-bond acceptors (Lipinski definition) is 7. The van der Waals surface area contributed by atoms with Crippen LogP contribution in [0.15, 0.2) is 41.5 Å². The summed E-state index contributed by atoms with van der Waals surface area (Å²) in [6.45, 7) is 1.47. The third kappa shape index (κ3) is 7.59. The summed E-state index contributed by atoms with van der Waals surface area (Å²) in [5.74, 6) is 0.888. The first-order valence-corrected chi connectivity index (χ1v) is 10.3. The number of nitrogens with zero attached hydrogens (tertiary/aromatic N) is 3. The third-order valence-electron chi connectivity index (χ3n) is 4.24. The molecule has 2 rings (SSSR count). The number of carbonyl (C=O) groups excluding carboxylic acids is 1. The summed E-state index contributed by atoms with van der Waals surface area (Å²) in [6.07, 6.45) is 2.21. The number of aromatic nitrogens is 1. The second-order valence-corrected chi connectivity index (χ2v) is 8.46. The number of amides is 1. The molecule has 12 heteroatoms. The van der Waals surface area contributed by atoms with Crippen molar-refractivity contribution in [2.75, 3.05) is 26.6 Å². The SMILES string of the molecule is COc1ccc(CC(=O)NC(N=C(NC#N)Nc2cccnc2OC)C(C)(Cl)Cl)cc1OC. The average Bonchev–Trinajstić information content (AvgIpc) is 2.78. The number of aliphatic imine (C=N–C) groups is 1. The number of nitrogens with one attached hydrogen (secondary N) is 3. The summed E-state index contributed by atoms with van der Waals surface area (Å²) in [7, 11) is 4.48. The summed E-state index contributed by atoms with van der Waals surface area (Å²) in [6, 6.07) is 8.47. The number of hydrogen-bond donors (Lipinski definition) is 3. The van der Waals surface area contributed by atoms with Crippen molar-refractivity contribution in [3.8, 4) is 23.6 Å². The number of alkyl halides is 2. The van der Waals surface area contributed by atoms with E-state index < -0.39 is 16.4 Å². The van der Waals surface area contributed by atoms with Crippen LogP contribution in [0.4, 0.5) is 5.69 Å². The molecule has 1 aromatic heterocycles. The first-order chi connectivity index (χ1) is 15.7. The van der Waals surface area contributed by atoms with Crippen LogP contribution in [0.1, 0.15) is 12.5 Å². The van der Waals surface area contributed by atoms with E-state index in [0.717, 1.165) is 0 Å². The molecule has 0 bridgehead atoms. The zero-order chi connectivity index (χ0) is 24.4. The van der Waals surface area contributed by atoms with Crippen molar-refractivity contribution in [3.63, 3.8) is 0 Å². The van der Waals surface area contributed by atoms with Crippen molar-refractivity contribution in [1.29, 1.82) is 5.26 Å². The number of carbonyl (C=O) groups is 1. The molecule has 176 valence electrons. The van der Waals surface area contributed by atoms with Gasteiger partial charge in [-0.05, 0) is 36.8 Å². The maximum absolute atomic E-state index is 12.7. The fraction of sp³-hybridized carbons (Fsp3) is 0.333. The first-order valence-electron chi connectivity index (χ1n) is 9.58. The summed E-state index contributed by atoms with van der Waals surface area (Å²) in [5, 5.41) is 17.1. The van der Waals surface area contributed by atoms with Gasteiger partial charge in [0.05, 0.1) is 27.8 Å². The van der Waals surface area contributed by atoms with Crippen LogP contribution in [0.5, 0.6) is 17.4 Å². The van der Waals surface area contributed by atoms with Gasteiger partial charge in [-0.1, -0.05) is 29.3 Å². The van der Waals surface area contributed by atoms with Crippen LogP contribution in [0.2, 0.25) is 0 Å². The lowest BCUT2D eigenvalue weighted by atomic mass is 10.1. The Hall–Kier alpha value is -3.42. The summed E-state index contributed by atoms with van der Waals surface area (Å²) >= 11 is 12.5. The van der Waals surface area contributed by atoms with E-state index >= 15 is 0 Å². The highest BCUT2D eigenvalue weighted by molar-refractivity contribution is 6.48. The molecule has 1 atom stereocenters. The van der Waals surface area contributed by atoms with Crippen LogP contribution in [-0.2, 0) is 11.2 Å². The van der Waals surface area contributed by atoms with Crippen molar-refractivity contribution in [1.82, 2.24) is 15.6 Å². The molecule has 3 N–H and O–H groups in total. The molecule has 0 aliphatic rings. The Bertz CT molecular complexity index is 1040. The highest BCUT2D eigenvalue weighted by Crippen LogP contribution is 2.29. The molecule has 2 aromatic rings. The van der Waals surface area contributed by atoms with Crippen LogP contribution in [0, 0.1) is 11.5 Å². The van der Waals surface area contributed by atoms with E-state index in [1.807, 2.05) is 0 Å². The zero-order valence-electron chi connectivity index (χ0n) is 18.5. The van der Waals surface area contributed by atoms with Crippen molar-refractivity contribution >= 4 is 40.8 Å². The Morgan fingerprint density at radius 2 is 1.94 bits per heavy atom. The monoisotopic (exact) mass is 494 g/mol. The van der Waals surface area contributed by atoms with E-state index in [-0.39, 0.29) is 18.3 Å². The lowest BCUT2D eigenvalue weighted by Crippen LogP contribution is -2.46. The van der Waals surface area contributed by atoms with Gasteiger partial charge in [-0.3, -0.25) is 10.1 Å². The molecule has 1 unspecified atom stereocenters. The van der Waals surface area contributed by atoms with Gasteiger partial charge in [0.1, 0.15) is 5.69 Å². The molecule has 0 radical (unpaired) electrons. The maximum atomic E-state index is 12.7. The van der Waals surface area contributed by atoms with Crippen LogP contribution in [-0.4, -0.2) is 48.7 Å². The Labute approximate surface area is 201 Å². The summed E-state index contributed by atoms with van der Waals surface area (Å²) in [5.41, 5.74) is 1.11. The van der Waals surface area contributed by atoms with Gasteiger partial charge in [0.25, 0.3) is 0 Å². The van der Waals surface area contributed by atoms with E-state index in [9.17, 15) is 4.79 Å². The Morgan fingerprint density at radius 3 is 2.55 bits per heavy atom. The topological polar surface area (TPSA) is 130 Å². The number of anilines is 1. The van der Waals surface area contributed by atoms with Crippen LogP contribution >= 0.6 is 23.2 Å². The molecular formula is C21H24Cl2N6O4. The number of pyridine rings is 1. The lowest BCUT2D eigenvalue weighted by molar-refractivity contribution is -0.121. The molecule has 1 heterocycles. The minimum absolute atomic E-state index is 0.00109. The fourth-order valence-electron chi connectivity index (χ4n) is 2.71. The standard InChI is InChI=1S/C21H24Cl2N6O4/c1-21(22,23)19(28-17(30)11-13-7-8-15(31-2)16(10-13)32-3)29-20(26-12-24)27-14-6-5-9-25-18(14)33-4/h5-10,19H,11H2,1-4H3,(H,28,30)(H2,26,27,29). The maximum Gasteiger partial charge on any atom is 0.237 e. The van der Waals surface area contributed by atoms with Gasteiger partial charge < -0.3 is 24.8 Å². The smallest absolute Gasteiger partial charge is 0.237 e. The molecule has 0 saturated carbocycles. The fourth-order valence-corrected chi connectivity index (χ4v) is 2.91. The largest absolute Gasteiger partial charge is 0.493 e. The molecule has 33 heavy (non-hydrogen) atoms. The normalized spacial score (nSPS) is 12.2. The van der Waals surface area contributed by atoms with Crippen molar-refractivity contribution < 1.29 is 19.0 Å². The minimum Gasteiger partial charge on any atom is -0.493 e. The van der Waals surface area contributed by atoms with Gasteiger partial charge in [0, 0.05) is 6.20 Å². The number of rotatable bonds is 9. The van der Waals surface area contributed by atoms with Crippen LogP contribution in [0.25, 0.3) is 0 Å². The highest BCUT2D eigenvalue weighted by atomic mass is 35.5. The predicted octanol–water partition coefficient (Wildman–Crippen LogP) is 2.82. The Balaban J connectivity index is 2.24. The summed E-state index contributed by atoms with van der Waals surface area (Å²) in [4.78, 5) is 21.1. The molecule has 0 spiro atoms. The number of nitriles is 1. The molecular weight excluding hydrogens is 471 g/mol. The van der Waals surface area contributed by atoms with E-state index in [4.69, 9.17) is 42.7 Å². The molecule has 0 saturated heterocycles. The molecule has 1 amide bonds. The molecule has 0 aliphatic carbocycles. The van der Waals surface area contributed by atoms with E-state index in [0.29, 0.717) is 22.7 Å². The molecule has 1 aromatic carbocycles. The molecule has 10 nitrogen and oxygen atoms in total. The van der Waals surface area contributed by atoms with Gasteiger partial charge in [0.15, 0.2) is 28.2 Å². The Morgan fingerprint density at radius 1 is 1.21 bits per heavy atom. The van der Waals surface area contributed by atoms with Gasteiger partial charge in [-0.25, -0.2) is 9.98 Å². The van der Waals surface area contributed by atoms with Crippen LogP contribution in [0.3, 0.4) is 0 Å². The number of ether oxygens (including phenoxy) is 3. The highest BCUT2D eigenvalue weighted by Gasteiger charge is 2.32. The van der Waals surface area contributed by atoms with E-state index in [1.165, 1.54) is 28.3 Å². The third-order valence-corrected chi connectivity index (χ3v) is 4.65. The van der Waals surface area contributed by atoms with Crippen molar-refractivity contribution in [3.05, 3.63) is 42.1 Å². The van der Waals surface area contributed by atoms with Crippen molar-refractivity contribution in [2.24, 2.45) is 4.99 Å². The minimum atomic E-state index is -1.50. The summed E-state index contributed by atoms with van der Waals surface area (Å²) < 4.78 is 14.2.